The first-order valence-electron chi connectivity index (χ1n) is 6.11. The zero-order valence-electron chi connectivity index (χ0n) is 11.5. The van der Waals surface area contributed by atoms with Gasteiger partial charge in [-0.2, -0.15) is 0 Å². The smallest absolute Gasteiger partial charge is 0.254 e. The second-order valence-electron chi connectivity index (χ2n) is 3.87. The lowest BCUT2D eigenvalue weighted by Gasteiger charge is -2.19. The van der Waals surface area contributed by atoms with Crippen molar-refractivity contribution in [2.45, 2.75) is 26.8 Å². The molecule has 2 N–H and O–H groups in total. The Hall–Kier alpha value is -1.68. The number of nitrogens with two attached hydrogens (primary N) is 1. The fraction of sp³-hybridized carbons (Fsp3) is 0.429. The van der Waals surface area contributed by atoms with Gasteiger partial charge in [0.1, 0.15) is 0 Å². The first-order valence-corrected chi connectivity index (χ1v) is 6.11. The summed E-state index contributed by atoms with van der Waals surface area (Å²) in [5.41, 5.74) is 6.44. The van der Waals surface area contributed by atoms with Crippen LogP contribution in [0.1, 0.15) is 41.5 Å². The van der Waals surface area contributed by atoms with Gasteiger partial charge in [0.05, 0.1) is 5.56 Å². The minimum atomic E-state index is -0.181. The first-order chi connectivity index (χ1) is 8.56. The molecule has 0 aromatic heterocycles. The number of carbonyl (C=O) groups is 2. The fourth-order valence-corrected chi connectivity index (χ4v) is 1.52. The van der Waals surface area contributed by atoms with Crippen LogP contribution >= 0.6 is 0 Å². The Morgan fingerprint density at radius 2 is 1.94 bits per heavy atom. The summed E-state index contributed by atoms with van der Waals surface area (Å²) in [5.74, 6) is -0.181. The molecule has 0 aliphatic carbocycles. The lowest BCUT2D eigenvalue weighted by atomic mass is 10.1. The topological polar surface area (TPSA) is 63.4 Å². The highest BCUT2D eigenvalue weighted by Gasteiger charge is 2.15. The summed E-state index contributed by atoms with van der Waals surface area (Å²) in [6.07, 6.45) is 0.687. The molecule has 0 heterocycles. The lowest BCUT2D eigenvalue weighted by Crippen LogP contribution is -2.37. The SMILES string of the molecule is CC.C[C@@H](N)CN(C)C(=O)c1ccccc1C=O. The van der Waals surface area contributed by atoms with Crippen LogP contribution in [0.25, 0.3) is 0 Å². The van der Waals surface area contributed by atoms with Crippen molar-refractivity contribution in [1.29, 1.82) is 0 Å². The molecule has 0 unspecified atom stereocenters. The minimum absolute atomic E-state index is 0.0858. The second-order valence-corrected chi connectivity index (χ2v) is 3.87. The van der Waals surface area contributed by atoms with Crippen LogP contribution in [-0.4, -0.2) is 36.7 Å². The van der Waals surface area contributed by atoms with E-state index in [0.29, 0.717) is 24.0 Å². The van der Waals surface area contributed by atoms with Crippen LogP contribution in [0.4, 0.5) is 0 Å². The summed E-state index contributed by atoms with van der Waals surface area (Å²) < 4.78 is 0. The molecule has 100 valence electrons. The average molecular weight is 250 g/mol. The molecule has 0 aliphatic rings. The molecule has 0 saturated heterocycles. The molecule has 0 spiro atoms. The predicted molar refractivity (Wildman–Crippen MR) is 73.8 cm³/mol. The van der Waals surface area contributed by atoms with Crippen molar-refractivity contribution in [3.05, 3.63) is 35.4 Å². The number of amides is 1. The number of nitrogens with zero attached hydrogens (tertiary/aromatic N) is 1. The van der Waals surface area contributed by atoms with E-state index < -0.39 is 0 Å². The maximum Gasteiger partial charge on any atom is 0.254 e. The molecule has 0 aliphatic heterocycles. The van der Waals surface area contributed by atoms with Gasteiger partial charge in [0.15, 0.2) is 6.29 Å². The number of rotatable bonds is 4. The molecular weight excluding hydrogens is 228 g/mol. The van der Waals surface area contributed by atoms with E-state index in [1.807, 2.05) is 20.8 Å². The van der Waals surface area contributed by atoms with Gasteiger partial charge in [-0.15, -0.1) is 0 Å². The molecule has 1 amide bonds. The largest absolute Gasteiger partial charge is 0.340 e. The molecule has 4 nitrogen and oxygen atoms in total. The van der Waals surface area contributed by atoms with Crippen LogP contribution in [0.5, 0.6) is 0 Å². The van der Waals surface area contributed by atoms with Crippen LogP contribution in [0.15, 0.2) is 24.3 Å². The summed E-state index contributed by atoms with van der Waals surface area (Å²) in [6.45, 7) is 6.29. The summed E-state index contributed by atoms with van der Waals surface area (Å²) in [5, 5.41) is 0. The van der Waals surface area contributed by atoms with Crippen molar-refractivity contribution < 1.29 is 9.59 Å². The van der Waals surface area contributed by atoms with Crippen molar-refractivity contribution in [3.8, 4) is 0 Å². The van der Waals surface area contributed by atoms with E-state index in [4.69, 9.17) is 5.73 Å². The van der Waals surface area contributed by atoms with Gasteiger partial charge in [-0.25, -0.2) is 0 Å². The molecular formula is C14H22N2O2. The number of likely N-dealkylation sites (N-methyl/N-ethyl adjacent to an activating group) is 1. The number of aldehydes is 1. The molecule has 4 heteroatoms. The van der Waals surface area contributed by atoms with Crippen molar-refractivity contribution >= 4 is 12.2 Å². The summed E-state index contributed by atoms with van der Waals surface area (Å²) in [4.78, 5) is 24.3. The third-order valence-electron chi connectivity index (χ3n) is 2.23. The number of carbonyl (C=O) groups excluding carboxylic acids is 2. The normalized spacial score (nSPS) is 10.9. The third-order valence-corrected chi connectivity index (χ3v) is 2.23. The lowest BCUT2D eigenvalue weighted by molar-refractivity contribution is 0.0785. The summed E-state index contributed by atoms with van der Waals surface area (Å²) in [6, 6.07) is 6.65. The van der Waals surface area contributed by atoms with Crippen LogP contribution in [0.2, 0.25) is 0 Å². The standard InChI is InChI=1S/C12H16N2O2.C2H6/c1-9(13)7-14(2)12(16)11-6-4-3-5-10(11)8-15;1-2/h3-6,8-9H,7,13H2,1-2H3;1-2H3/t9-;/m1./s1. The maximum atomic E-state index is 12.0. The van der Waals surface area contributed by atoms with Gasteiger partial charge in [0, 0.05) is 25.2 Å². The maximum absolute atomic E-state index is 12.0. The Balaban J connectivity index is 0.00000137. The number of hydrogen-bond acceptors (Lipinski definition) is 3. The van der Waals surface area contributed by atoms with E-state index in [1.54, 1.807) is 31.3 Å². The van der Waals surface area contributed by atoms with Crippen molar-refractivity contribution in [3.63, 3.8) is 0 Å². The number of hydrogen-bond donors (Lipinski definition) is 1. The Bertz CT molecular complexity index is 389. The molecule has 0 bridgehead atoms. The van der Waals surface area contributed by atoms with Crippen LogP contribution in [0.3, 0.4) is 0 Å². The van der Waals surface area contributed by atoms with Gasteiger partial charge in [0.25, 0.3) is 5.91 Å². The Labute approximate surface area is 109 Å². The fourth-order valence-electron chi connectivity index (χ4n) is 1.52. The van der Waals surface area contributed by atoms with E-state index >= 15 is 0 Å². The van der Waals surface area contributed by atoms with E-state index in [-0.39, 0.29) is 11.9 Å². The molecule has 1 aromatic carbocycles. The molecule has 0 radical (unpaired) electrons. The van der Waals surface area contributed by atoms with E-state index in [1.165, 1.54) is 4.90 Å². The van der Waals surface area contributed by atoms with Gasteiger partial charge < -0.3 is 10.6 Å². The Morgan fingerprint density at radius 3 is 2.44 bits per heavy atom. The van der Waals surface area contributed by atoms with Crippen molar-refractivity contribution in [2.75, 3.05) is 13.6 Å². The van der Waals surface area contributed by atoms with Crippen LogP contribution < -0.4 is 5.73 Å². The van der Waals surface area contributed by atoms with Gasteiger partial charge in [-0.1, -0.05) is 32.0 Å². The monoisotopic (exact) mass is 250 g/mol. The second kappa shape index (κ2) is 8.42. The van der Waals surface area contributed by atoms with Crippen molar-refractivity contribution in [2.24, 2.45) is 5.73 Å². The van der Waals surface area contributed by atoms with E-state index in [0.717, 1.165) is 0 Å². The highest BCUT2D eigenvalue weighted by Crippen LogP contribution is 2.09. The van der Waals surface area contributed by atoms with Crippen molar-refractivity contribution in [1.82, 2.24) is 4.90 Å². The molecule has 0 fully saturated rings. The molecule has 18 heavy (non-hydrogen) atoms. The van der Waals surface area contributed by atoms with E-state index in [2.05, 4.69) is 0 Å². The Morgan fingerprint density at radius 1 is 1.39 bits per heavy atom. The number of benzene rings is 1. The summed E-state index contributed by atoms with van der Waals surface area (Å²) in [7, 11) is 1.67. The first kappa shape index (κ1) is 16.3. The van der Waals surface area contributed by atoms with Gasteiger partial charge >= 0.3 is 0 Å². The van der Waals surface area contributed by atoms with Gasteiger partial charge in [-0.3, -0.25) is 9.59 Å². The van der Waals surface area contributed by atoms with E-state index in [9.17, 15) is 9.59 Å². The zero-order chi connectivity index (χ0) is 14.1. The van der Waals surface area contributed by atoms with Crippen LogP contribution in [-0.2, 0) is 0 Å². The van der Waals surface area contributed by atoms with Gasteiger partial charge in [-0.05, 0) is 13.0 Å². The average Bonchev–Trinajstić information content (AvgIpc) is 2.39. The zero-order valence-corrected chi connectivity index (χ0v) is 11.5. The molecule has 0 saturated carbocycles. The predicted octanol–water partition coefficient (Wildman–Crippen LogP) is 1.94. The highest BCUT2D eigenvalue weighted by molar-refractivity contribution is 6.01. The quantitative estimate of drug-likeness (QED) is 0.831. The summed E-state index contributed by atoms with van der Waals surface area (Å²) >= 11 is 0. The van der Waals surface area contributed by atoms with Crippen LogP contribution in [0, 0.1) is 0 Å². The molecule has 1 rings (SSSR count). The molecule has 1 atom stereocenters. The van der Waals surface area contributed by atoms with Gasteiger partial charge in [0.2, 0.25) is 0 Å². The minimum Gasteiger partial charge on any atom is -0.340 e. The third kappa shape index (κ3) is 4.67. The molecule has 1 aromatic rings. The highest BCUT2D eigenvalue weighted by atomic mass is 16.2. The Kier molecular flexibility index (Phi) is 7.63.